The van der Waals surface area contributed by atoms with Gasteiger partial charge in [-0.15, -0.1) is 0 Å². The highest BCUT2D eigenvalue weighted by molar-refractivity contribution is 5.81. The molecule has 0 fully saturated rings. The molecule has 5 aromatic rings. The van der Waals surface area contributed by atoms with Gasteiger partial charge in [-0.1, -0.05) is 66.7 Å². The Morgan fingerprint density at radius 3 is 2.29 bits per heavy atom. The minimum absolute atomic E-state index is 0.0661. The molecule has 0 aliphatic rings. The summed E-state index contributed by atoms with van der Waals surface area (Å²) in [6.07, 6.45) is 0. The van der Waals surface area contributed by atoms with Gasteiger partial charge in [-0.2, -0.15) is 0 Å². The van der Waals surface area contributed by atoms with Crippen molar-refractivity contribution in [2.45, 2.75) is 13.5 Å². The normalized spacial score (nSPS) is 11.3. The lowest BCUT2D eigenvalue weighted by Gasteiger charge is -2.09. The summed E-state index contributed by atoms with van der Waals surface area (Å²) < 4.78 is 3.84. The van der Waals surface area contributed by atoms with E-state index in [-0.39, 0.29) is 5.56 Å². The van der Waals surface area contributed by atoms with Gasteiger partial charge in [0.1, 0.15) is 0 Å². The molecule has 0 unspecified atom stereocenters. The fourth-order valence-corrected chi connectivity index (χ4v) is 3.74. The molecule has 0 saturated heterocycles. The van der Waals surface area contributed by atoms with Crippen molar-refractivity contribution >= 4 is 16.8 Å². The molecule has 4 nitrogen and oxygen atoms in total. The molecule has 0 bridgehead atoms. The fourth-order valence-electron chi connectivity index (χ4n) is 3.74. The molecule has 28 heavy (non-hydrogen) atoms. The second-order valence-electron chi connectivity index (χ2n) is 6.98. The van der Waals surface area contributed by atoms with Crippen LogP contribution in [0.2, 0.25) is 0 Å². The van der Waals surface area contributed by atoms with E-state index in [1.165, 1.54) is 11.1 Å². The molecule has 136 valence electrons. The number of aryl methyl sites for hydroxylation is 1. The average Bonchev–Trinajstić information content (AvgIpc) is 3.04. The quantitative estimate of drug-likeness (QED) is 0.466. The van der Waals surface area contributed by atoms with E-state index < -0.39 is 0 Å². The van der Waals surface area contributed by atoms with E-state index in [1.807, 2.05) is 66.7 Å². The molecule has 0 aliphatic carbocycles. The Hall–Kier alpha value is -3.66. The Balaban J connectivity index is 1.83. The van der Waals surface area contributed by atoms with Gasteiger partial charge in [-0.3, -0.25) is 4.79 Å². The first-order chi connectivity index (χ1) is 13.7. The Labute approximate surface area is 162 Å². The SMILES string of the molecule is Cc1ccccc1Cn1c2ccccc2n2c(=O)cc(-c3ccccc3)nc12. The van der Waals surface area contributed by atoms with Crippen LogP contribution in [-0.2, 0) is 6.54 Å². The van der Waals surface area contributed by atoms with Crippen LogP contribution in [-0.4, -0.2) is 14.0 Å². The van der Waals surface area contributed by atoms with Crippen LogP contribution in [0.4, 0.5) is 0 Å². The highest BCUT2D eigenvalue weighted by Crippen LogP contribution is 2.23. The van der Waals surface area contributed by atoms with Gasteiger partial charge in [0, 0.05) is 11.6 Å². The minimum Gasteiger partial charge on any atom is -0.305 e. The number of aromatic nitrogens is 3. The summed E-state index contributed by atoms with van der Waals surface area (Å²) >= 11 is 0. The van der Waals surface area contributed by atoms with Gasteiger partial charge in [0.25, 0.3) is 5.56 Å². The molecule has 0 saturated carbocycles. The van der Waals surface area contributed by atoms with Gasteiger partial charge in [-0.25, -0.2) is 9.38 Å². The van der Waals surface area contributed by atoms with Crippen LogP contribution < -0.4 is 5.56 Å². The van der Waals surface area contributed by atoms with Crippen molar-refractivity contribution in [1.82, 2.24) is 14.0 Å². The summed E-state index contributed by atoms with van der Waals surface area (Å²) in [6, 6.07) is 27.8. The monoisotopic (exact) mass is 365 g/mol. The lowest BCUT2D eigenvalue weighted by molar-refractivity contribution is 0.828. The van der Waals surface area contributed by atoms with E-state index in [0.717, 1.165) is 16.6 Å². The van der Waals surface area contributed by atoms with Gasteiger partial charge in [-0.05, 0) is 30.2 Å². The van der Waals surface area contributed by atoms with E-state index >= 15 is 0 Å². The van der Waals surface area contributed by atoms with Crippen LogP contribution in [0.15, 0.2) is 89.7 Å². The summed E-state index contributed by atoms with van der Waals surface area (Å²) in [4.78, 5) is 17.9. The maximum atomic E-state index is 13.0. The summed E-state index contributed by atoms with van der Waals surface area (Å²) in [5.74, 6) is 0.663. The highest BCUT2D eigenvalue weighted by Gasteiger charge is 2.15. The predicted molar refractivity (Wildman–Crippen MR) is 113 cm³/mol. The number of para-hydroxylation sites is 2. The van der Waals surface area contributed by atoms with Crippen LogP contribution in [0.5, 0.6) is 0 Å². The van der Waals surface area contributed by atoms with Gasteiger partial charge in [0.2, 0.25) is 5.78 Å². The van der Waals surface area contributed by atoms with Gasteiger partial charge in [0.05, 0.1) is 23.3 Å². The topological polar surface area (TPSA) is 39.3 Å². The summed E-state index contributed by atoms with van der Waals surface area (Å²) in [5, 5.41) is 0. The maximum absolute atomic E-state index is 13.0. The van der Waals surface area contributed by atoms with E-state index in [0.29, 0.717) is 18.0 Å². The number of imidazole rings is 1. The second-order valence-corrected chi connectivity index (χ2v) is 6.98. The molecule has 3 aromatic carbocycles. The van der Waals surface area contributed by atoms with E-state index in [1.54, 1.807) is 10.5 Å². The van der Waals surface area contributed by atoms with E-state index in [9.17, 15) is 4.79 Å². The first-order valence-electron chi connectivity index (χ1n) is 9.33. The molecule has 0 spiro atoms. The standard InChI is InChI=1S/C24H19N3O/c1-17-9-5-6-12-19(17)16-26-21-13-7-8-14-22(21)27-23(28)15-20(25-24(26)27)18-10-3-2-4-11-18/h2-15H,16H2,1H3. The first-order valence-corrected chi connectivity index (χ1v) is 9.33. The molecule has 0 aliphatic heterocycles. The lowest BCUT2D eigenvalue weighted by atomic mass is 10.1. The molecular weight excluding hydrogens is 346 g/mol. The van der Waals surface area contributed by atoms with Gasteiger partial charge >= 0.3 is 0 Å². The van der Waals surface area contributed by atoms with Crippen LogP contribution in [0.1, 0.15) is 11.1 Å². The Kier molecular flexibility index (Phi) is 3.83. The molecule has 0 N–H and O–H groups in total. The number of rotatable bonds is 3. The van der Waals surface area contributed by atoms with Crippen LogP contribution in [0.25, 0.3) is 28.1 Å². The summed E-state index contributed by atoms with van der Waals surface area (Å²) in [6.45, 7) is 2.77. The van der Waals surface area contributed by atoms with Gasteiger partial charge in [0.15, 0.2) is 0 Å². The third-order valence-electron chi connectivity index (χ3n) is 5.22. The Morgan fingerprint density at radius 1 is 0.821 bits per heavy atom. The van der Waals surface area contributed by atoms with Crippen molar-refractivity contribution in [3.63, 3.8) is 0 Å². The number of fused-ring (bicyclic) bond motifs is 3. The molecule has 0 radical (unpaired) electrons. The molecule has 2 heterocycles. The van der Waals surface area contributed by atoms with E-state index in [2.05, 4.69) is 23.6 Å². The zero-order valence-electron chi connectivity index (χ0n) is 15.5. The Morgan fingerprint density at radius 2 is 1.50 bits per heavy atom. The maximum Gasteiger partial charge on any atom is 0.260 e. The van der Waals surface area contributed by atoms with Crippen molar-refractivity contribution in [3.05, 3.63) is 106 Å². The highest BCUT2D eigenvalue weighted by atomic mass is 16.1. The number of hydrogen-bond donors (Lipinski definition) is 0. The number of nitrogens with zero attached hydrogens (tertiary/aromatic N) is 3. The Bertz CT molecular complexity index is 1360. The summed E-state index contributed by atoms with van der Waals surface area (Å²) in [7, 11) is 0. The number of hydrogen-bond acceptors (Lipinski definition) is 2. The van der Waals surface area contributed by atoms with E-state index in [4.69, 9.17) is 4.98 Å². The smallest absolute Gasteiger partial charge is 0.260 e. The van der Waals surface area contributed by atoms with Crippen molar-refractivity contribution in [2.24, 2.45) is 0 Å². The molecule has 0 atom stereocenters. The van der Waals surface area contributed by atoms with Gasteiger partial charge < -0.3 is 4.57 Å². The second kappa shape index (κ2) is 6.50. The number of benzene rings is 3. The van der Waals surface area contributed by atoms with Crippen LogP contribution >= 0.6 is 0 Å². The molecule has 2 aromatic heterocycles. The zero-order chi connectivity index (χ0) is 19.1. The van der Waals surface area contributed by atoms with Crippen molar-refractivity contribution < 1.29 is 0 Å². The van der Waals surface area contributed by atoms with Crippen molar-refractivity contribution in [3.8, 4) is 11.3 Å². The molecule has 0 amide bonds. The van der Waals surface area contributed by atoms with Crippen LogP contribution in [0, 0.1) is 6.92 Å². The van der Waals surface area contributed by atoms with Crippen LogP contribution in [0.3, 0.4) is 0 Å². The third-order valence-corrected chi connectivity index (χ3v) is 5.22. The van der Waals surface area contributed by atoms with Crippen molar-refractivity contribution in [1.29, 1.82) is 0 Å². The first kappa shape index (κ1) is 16.5. The largest absolute Gasteiger partial charge is 0.305 e. The molecule has 5 rings (SSSR count). The minimum atomic E-state index is -0.0661. The fraction of sp³-hybridized carbons (Fsp3) is 0.0833. The molecular formula is C24H19N3O. The third kappa shape index (κ3) is 2.62. The predicted octanol–water partition coefficient (Wildman–Crippen LogP) is 4.67. The zero-order valence-corrected chi connectivity index (χ0v) is 15.5. The lowest BCUT2D eigenvalue weighted by Crippen LogP contribution is -2.15. The summed E-state index contributed by atoms with van der Waals surface area (Å²) in [5.41, 5.74) is 5.88. The van der Waals surface area contributed by atoms with Crippen molar-refractivity contribution in [2.75, 3.05) is 0 Å². The average molecular weight is 365 g/mol. The molecule has 4 heteroatoms.